The first-order valence-corrected chi connectivity index (χ1v) is 14.9. The fraction of sp³-hybridized carbons (Fsp3) is 0.312. The number of alkyl halides is 2. The van der Waals surface area contributed by atoms with Crippen LogP contribution in [0, 0.1) is 0 Å². The molecular weight excluding hydrogens is 572 g/mol. The Morgan fingerprint density at radius 2 is 1.88 bits per heavy atom. The Morgan fingerprint density at radius 1 is 1.16 bits per heavy atom. The van der Waals surface area contributed by atoms with E-state index in [2.05, 4.69) is 10.3 Å². The number of amides is 1. The van der Waals surface area contributed by atoms with Crippen molar-refractivity contribution < 1.29 is 18.3 Å². The standard InChI is InChI=1S/C32H33F2N5O3S/c1-5-25-28(15-22(42-4)17-36-25)39-27(14-19(2)3)23(31(40)38-12-10-35-11-13-38)16-24(32(39)41)30-37-26(18-43-30)20-6-8-21(9-7-20)29(33)34/h6-9,14-18,29,35H,5,10-13H2,1-4H3. The second-order valence-corrected chi connectivity index (χ2v) is 11.3. The lowest BCUT2D eigenvalue weighted by Gasteiger charge is -2.29. The van der Waals surface area contributed by atoms with E-state index in [-0.39, 0.29) is 22.6 Å². The third-order valence-corrected chi connectivity index (χ3v) is 8.10. The van der Waals surface area contributed by atoms with Gasteiger partial charge in [0, 0.05) is 48.8 Å². The van der Waals surface area contributed by atoms with Crippen molar-refractivity contribution in [3.05, 3.63) is 86.4 Å². The molecule has 0 aliphatic carbocycles. The molecule has 11 heteroatoms. The Balaban J connectivity index is 1.76. The number of rotatable bonds is 8. The molecule has 0 unspecified atom stereocenters. The normalized spacial score (nSPS) is 13.3. The fourth-order valence-corrected chi connectivity index (χ4v) is 5.85. The van der Waals surface area contributed by atoms with E-state index in [9.17, 15) is 18.4 Å². The van der Waals surface area contributed by atoms with Crippen molar-refractivity contribution in [2.24, 2.45) is 0 Å². The molecule has 1 aromatic carbocycles. The van der Waals surface area contributed by atoms with Gasteiger partial charge in [0.15, 0.2) is 0 Å². The highest BCUT2D eigenvalue weighted by Crippen LogP contribution is 2.32. The maximum absolute atomic E-state index is 14.5. The Hall–Kier alpha value is -4.22. The number of nitrogens with one attached hydrogen (secondary N) is 1. The van der Waals surface area contributed by atoms with Crippen LogP contribution in [0.15, 0.2) is 58.3 Å². The van der Waals surface area contributed by atoms with Gasteiger partial charge >= 0.3 is 0 Å². The first-order valence-electron chi connectivity index (χ1n) is 14.0. The van der Waals surface area contributed by atoms with Crippen LogP contribution in [-0.2, 0) is 6.42 Å². The third-order valence-electron chi connectivity index (χ3n) is 7.23. The van der Waals surface area contributed by atoms with Crippen molar-refractivity contribution in [1.29, 1.82) is 0 Å². The second-order valence-electron chi connectivity index (χ2n) is 10.4. The van der Waals surface area contributed by atoms with Gasteiger partial charge in [-0.25, -0.2) is 13.8 Å². The molecule has 4 aromatic rings. The summed E-state index contributed by atoms with van der Waals surface area (Å²) in [6.07, 6.45) is 1.43. The highest BCUT2D eigenvalue weighted by Gasteiger charge is 2.27. The average molecular weight is 606 g/mol. The highest BCUT2D eigenvalue weighted by atomic mass is 32.1. The molecule has 1 aliphatic heterocycles. The lowest BCUT2D eigenvalue weighted by molar-refractivity contribution is 0.0735. The number of pyridine rings is 2. The molecule has 1 saturated heterocycles. The molecule has 0 radical (unpaired) electrons. The van der Waals surface area contributed by atoms with Gasteiger partial charge < -0.3 is 15.0 Å². The minimum Gasteiger partial charge on any atom is -0.495 e. The van der Waals surface area contributed by atoms with Crippen molar-refractivity contribution in [3.63, 3.8) is 0 Å². The molecule has 1 amide bonds. The van der Waals surface area contributed by atoms with Crippen molar-refractivity contribution in [2.75, 3.05) is 33.3 Å². The van der Waals surface area contributed by atoms with Gasteiger partial charge in [-0.2, -0.15) is 0 Å². The van der Waals surface area contributed by atoms with E-state index in [1.165, 1.54) is 30.6 Å². The van der Waals surface area contributed by atoms with Crippen LogP contribution in [0.4, 0.5) is 8.78 Å². The summed E-state index contributed by atoms with van der Waals surface area (Å²) in [6.45, 7) is 8.22. The van der Waals surface area contributed by atoms with E-state index in [4.69, 9.17) is 9.72 Å². The number of hydrogen-bond acceptors (Lipinski definition) is 7. The largest absolute Gasteiger partial charge is 0.495 e. The van der Waals surface area contributed by atoms with Gasteiger partial charge in [0.25, 0.3) is 17.9 Å². The Kier molecular flexibility index (Phi) is 9.12. The Labute approximate surface area is 252 Å². The molecular formula is C32H33F2N5O3S. The molecule has 4 heterocycles. The molecule has 43 heavy (non-hydrogen) atoms. The molecule has 0 spiro atoms. The minimum absolute atomic E-state index is 0.0772. The number of piperazine rings is 1. The van der Waals surface area contributed by atoms with E-state index in [0.29, 0.717) is 77.3 Å². The number of thiazole rings is 1. The Bertz CT molecular complexity index is 1720. The van der Waals surface area contributed by atoms with Gasteiger partial charge in [-0.15, -0.1) is 11.3 Å². The SMILES string of the molecule is CCc1ncc(OC)cc1-n1c(C=C(C)C)c(C(=O)N2CCNCC2)cc(-c2nc(-c3ccc(C(F)F)cc3)cs2)c1=O. The number of hydrogen-bond donors (Lipinski definition) is 1. The predicted octanol–water partition coefficient (Wildman–Crippen LogP) is 6.00. The zero-order valence-electron chi connectivity index (χ0n) is 24.5. The number of ether oxygens (including phenoxy) is 1. The second kappa shape index (κ2) is 13.0. The number of allylic oxidation sites excluding steroid dienone is 1. The Morgan fingerprint density at radius 3 is 2.51 bits per heavy atom. The van der Waals surface area contributed by atoms with Crippen LogP contribution in [0.5, 0.6) is 5.75 Å². The first-order chi connectivity index (χ1) is 20.7. The minimum atomic E-state index is -2.57. The number of nitrogens with zero attached hydrogens (tertiary/aromatic N) is 4. The van der Waals surface area contributed by atoms with Crippen molar-refractivity contribution >= 4 is 23.3 Å². The van der Waals surface area contributed by atoms with Crippen molar-refractivity contribution in [1.82, 2.24) is 24.8 Å². The molecule has 224 valence electrons. The quantitative estimate of drug-likeness (QED) is 0.265. The van der Waals surface area contributed by atoms with Gasteiger partial charge in [-0.3, -0.25) is 19.1 Å². The van der Waals surface area contributed by atoms with Gasteiger partial charge in [0.1, 0.15) is 10.8 Å². The monoisotopic (exact) mass is 605 g/mol. The van der Waals surface area contributed by atoms with Gasteiger partial charge in [0.05, 0.1) is 47.2 Å². The first kappa shape index (κ1) is 30.2. The summed E-state index contributed by atoms with van der Waals surface area (Å²) in [7, 11) is 1.53. The van der Waals surface area contributed by atoms with Crippen LogP contribution in [0.1, 0.15) is 54.5 Å². The molecule has 0 saturated carbocycles. The number of carbonyl (C=O) groups excluding carboxylic acids is 1. The van der Waals surface area contributed by atoms with Crippen molar-refractivity contribution in [2.45, 2.75) is 33.6 Å². The summed E-state index contributed by atoms with van der Waals surface area (Å²) in [5.74, 6) is 0.295. The van der Waals surface area contributed by atoms with Crippen LogP contribution in [0.3, 0.4) is 0 Å². The number of benzene rings is 1. The van der Waals surface area contributed by atoms with E-state index in [1.807, 2.05) is 26.8 Å². The zero-order chi connectivity index (χ0) is 30.7. The van der Waals surface area contributed by atoms with E-state index in [1.54, 1.807) is 45.3 Å². The van der Waals surface area contributed by atoms with Crippen LogP contribution < -0.4 is 15.6 Å². The zero-order valence-corrected chi connectivity index (χ0v) is 25.3. The van der Waals surface area contributed by atoms with Crippen LogP contribution in [-0.4, -0.2) is 58.6 Å². The fourth-order valence-electron chi connectivity index (χ4n) is 5.02. The lowest BCUT2D eigenvalue weighted by atomic mass is 10.0. The van der Waals surface area contributed by atoms with E-state index < -0.39 is 6.43 Å². The molecule has 8 nitrogen and oxygen atoms in total. The molecule has 3 aromatic heterocycles. The molecule has 1 aliphatic rings. The summed E-state index contributed by atoms with van der Waals surface area (Å²) >= 11 is 1.26. The molecule has 1 N–H and O–H groups in total. The maximum Gasteiger partial charge on any atom is 0.265 e. The predicted molar refractivity (Wildman–Crippen MR) is 165 cm³/mol. The molecule has 0 atom stereocenters. The summed E-state index contributed by atoms with van der Waals surface area (Å²) in [4.78, 5) is 39.7. The van der Waals surface area contributed by atoms with Crippen LogP contribution in [0.2, 0.25) is 0 Å². The lowest BCUT2D eigenvalue weighted by Crippen LogP contribution is -2.47. The molecule has 5 rings (SSSR count). The third kappa shape index (κ3) is 6.28. The number of carbonyl (C=O) groups is 1. The summed E-state index contributed by atoms with van der Waals surface area (Å²) in [5.41, 5.74) is 3.96. The number of methoxy groups -OCH3 is 1. The molecule has 0 bridgehead atoms. The van der Waals surface area contributed by atoms with E-state index >= 15 is 0 Å². The van der Waals surface area contributed by atoms with Gasteiger partial charge in [-0.05, 0) is 32.4 Å². The number of aromatic nitrogens is 3. The van der Waals surface area contributed by atoms with Crippen LogP contribution >= 0.6 is 11.3 Å². The molecule has 1 fully saturated rings. The van der Waals surface area contributed by atoms with Gasteiger partial charge in [0.2, 0.25) is 0 Å². The number of halogens is 2. The van der Waals surface area contributed by atoms with E-state index in [0.717, 1.165) is 5.57 Å². The average Bonchev–Trinajstić information content (AvgIpc) is 3.51. The van der Waals surface area contributed by atoms with Crippen LogP contribution in [0.25, 0.3) is 33.6 Å². The maximum atomic E-state index is 14.5. The summed E-state index contributed by atoms with van der Waals surface area (Å²) in [5, 5.41) is 5.47. The summed E-state index contributed by atoms with van der Waals surface area (Å²) in [6, 6.07) is 9.31. The number of aryl methyl sites for hydroxylation is 1. The highest BCUT2D eigenvalue weighted by molar-refractivity contribution is 7.13. The smallest absolute Gasteiger partial charge is 0.265 e. The summed E-state index contributed by atoms with van der Waals surface area (Å²) < 4.78 is 33.2. The topological polar surface area (TPSA) is 89.3 Å². The van der Waals surface area contributed by atoms with Crippen molar-refractivity contribution in [3.8, 4) is 33.3 Å². The van der Waals surface area contributed by atoms with Gasteiger partial charge in [-0.1, -0.05) is 36.8 Å².